The summed E-state index contributed by atoms with van der Waals surface area (Å²) in [4.78, 5) is 31.3. The molecule has 0 spiro atoms. The maximum absolute atomic E-state index is 12.6. The second-order valence-electron chi connectivity index (χ2n) is 9.48. The first-order chi connectivity index (χ1) is 15.8. The van der Waals surface area contributed by atoms with Crippen LogP contribution in [0.3, 0.4) is 0 Å². The van der Waals surface area contributed by atoms with Gasteiger partial charge in [-0.15, -0.1) is 0 Å². The number of carbonyl (C=O) groups is 2. The van der Waals surface area contributed by atoms with Crippen LogP contribution >= 0.6 is 23.2 Å². The minimum atomic E-state index is -0.101. The van der Waals surface area contributed by atoms with Crippen LogP contribution < -0.4 is 0 Å². The Morgan fingerprint density at radius 2 is 1.79 bits per heavy atom. The number of rotatable bonds is 8. The van der Waals surface area contributed by atoms with Gasteiger partial charge in [-0.1, -0.05) is 36.2 Å². The largest absolute Gasteiger partial charge is 0.396 e. The lowest BCUT2D eigenvalue weighted by molar-refractivity contribution is -0.130. The van der Waals surface area contributed by atoms with Crippen LogP contribution in [0.15, 0.2) is 24.3 Å². The van der Waals surface area contributed by atoms with Crippen molar-refractivity contribution < 1.29 is 14.7 Å². The van der Waals surface area contributed by atoms with E-state index in [0.29, 0.717) is 36.1 Å². The van der Waals surface area contributed by atoms with Crippen molar-refractivity contribution in [3.63, 3.8) is 0 Å². The second kappa shape index (κ2) is 12.2. The number of piperidine rings is 1. The van der Waals surface area contributed by atoms with Gasteiger partial charge in [0, 0.05) is 45.3 Å². The van der Waals surface area contributed by atoms with E-state index >= 15 is 0 Å². The van der Waals surface area contributed by atoms with Crippen LogP contribution in [0.4, 0.5) is 0 Å². The van der Waals surface area contributed by atoms with Crippen LogP contribution in [0.2, 0.25) is 10.0 Å². The number of carbonyl (C=O) groups excluding carboxylic acids is 2. The third-order valence-corrected chi connectivity index (χ3v) is 7.60. The fourth-order valence-corrected chi connectivity index (χ4v) is 4.63. The van der Waals surface area contributed by atoms with E-state index in [1.165, 1.54) is 6.08 Å². The number of benzene rings is 1. The van der Waals surface area contributed by atoms with Crippen LogP contribution in [0.1, 0.15) is 44.6 Å². The van der Waals surface area contributed by atoms with E-state index in [4.69, 9.17) is 23.2 Å². The fourth-order valence-electron chi connectivity index (χ4n) is 4.33. The van der Waals surface area contributed by atoms with Gasteiger partial charge in [0.15, 0.2) is 0 Å². The highest BCUT2D eigenvalue weighted by Crippen LogP contribution is 2.30. The zero-order valence-corrected chi connectivity index (χ0v) is 21.0. The molecule has 1 aromatic rings. The quantitative estimate of drug-likeness (QED) is 0.438. The Bertz CT molecular complexity index is 853. The lowest BCUT2D eigenvalue weighted by atomic mass is 9.81. The minimum Gasteiger partial charge on any atom is -0.396 e. The summed E-state index contributed by atoms with van der Waals surface area (Å²) in [6, 6.07) is 5.23. The van der Waals surface area contributed by atoms with Gasteiger partial charge in [0.25, 0.3) is 0 Å². The zero-order valence-electron chi connectivity index (χ0n) is 19.4. The fraction of sp³-hybridized carbons (Fsp3) is 0.600. The molecular weight excluding hydrogens is 461 g/mol. The number of likely N-dealkylation sites (tertiary alicyclic amines) is 1. The summed E-state index contributed by atoms with van der Waals surface area (Å²) in [6.45, 7) is 7.83. The van der Waals surface area contributed by atoms with Crippen LogP contribution in [0.5, 0.6) is 0 Å². The molecule has 8 heteroatoms. The molecule has 0 radical (unpaired) electrons. The molecule has 33 heavy (non-hydrogen) atoms. The van der Waals surface area contributed by atoms with Crippen LogP contribution in [0, 0.1) is 5.41 Å². The molecule has 0 saturated carbocycles. The Balaban J connectivity index is 1.39. The number of unbranched alkanes of at least 4 members (excludes halogenated alkanes) is 1. The molecule has 2 heterocycles. The molecule has 2 amide bonds. The number of hydrogen-bond acceptors (Lipinski definition) is 4. The zero-order chi connectivity index (χ0) is 23.8. The molecule has 2 aliphatic heterocycles. The van der Waals surface area contributed by atoms with Gasteiger partial charge >= 0.3 is 0 Å². The van der Waals surface area contributed by atoms with Crippen molar-refractivity contribution in [3.8, 4) is 0 Å². The first-order valence-corrected chi connectivity index (χ1v) is 12.6. The minimum absolute atomic E-state index is 0.0787. The van der Waals surface area contributed by atoms with Crippen molar-refractivity contribution in [2.75, 3.05) is 52.4 Å². The molecule has 0 unspecified atom stereocenters. The van der Waals surface area contributed by atoms with E-state index < -0.39 is 0 Å². The van der Waals surface area contributed by atoms with E-state index in [1.807, 2.05) is 4.90 Å². The van der Waals surface area contributed by atoms with E-state index in [2.05, 4.69) is 11.8 Å². The molecule has 6 nitrogen and oxygen atoms in total. The van der Waals surface area contributed by atoms with Crippen molar-refractivity contribution in [1.82, 2.24) is 14.7 Å². The summed E-state index contributed by atoms with van der Waals surface area (Å²) in [7, 11) is 0. The van der Waals surface area contributed by atoms with Crippen LogP contribution in [-0.4, -0.2) is 84.0 Å². The summed E-state index contributed by atoms with van der Waals surface area (Å²) in [5.74, 6) is 0.0196. The first kappa shape index (κ1) is 26.0. The molecule has 1 aromatic carbocycles. The van der Waals surface area contributed by atoms with Crippen LogP contribution in [0.25, 0.3) is 6.08 Å². The third kappa shape index (κ3) is 7.71. The molecule has 0 atom stereocenters. The van der Waals surface area contributed by atoms with E-state index in [9.17, 15) is 14.7 Å². The first-order valence-electron chi connectivity index (χ1n) is 11.8. The highest BCUT2D eigenvalue weighted by molar-refractivity contribution is 6.42. The SMILES string of the molecule is CC1(CO)CCN(CCCCN2CCN(C(=O)C=Cc3ccc(Cl)c(Cl)c3)CCC2=O)CC1. The van der Waals surface area contributed by atoms with Gasteiger partial charge in [-0.05, 0) is 74.5 Å². The Labute approximate surface area is 207 Å². The summed E-state index contributed by atoms with van der Waals surface area (Å²) in [5, 5.41) is 10.4. The Kier molecular flexibility index (Phi) is 9.62. The monoisotopic (exact) mass is 495 g/mol. The Morgan fingerprint density at radius 3 is 2.48 bits per heavy atom. The van der Waals surface area contributed by atoms with Gasteiger partial charge in [-0.3, -0.25) is 9.59 Å². The third-order valence-electron chi connectivity index (χ3n) is 6.86. The lowest BCUT2D eigenvalue weighted by Crippen LogP contribution is -2.41. The number of halogens is 2. The molecular formula is C25H35Cl2N3O3. The van der Waals surface area contributed by atoms with E-state index in [0.717, 1.165) is 57.4 Å². The number of aliphatic hydroxyl groups is 1. The van der Waals surface area contributed by atoms with E-state index in [1.54, 1.807) is 29.2 Å². The molecule has 0 aliphatic carbocycles. The van der Waals surface area contributed by atoms with Crippen molar-refractivity contribution in [1.29, 1.82) is 0 Å². The highest BCUT2D eigenvalue weighted by Gasteiger charge is 2.29. The van der Waals surface area contributed by atoms with Gasteiger partial charge in [-0.2, -0.15) is 0 Å². The van der Waals surface area contributed by atoms with Gasteiger partial charge < -0.3 is 19.8 Å². The predicted octanol–water partition coefficient (Wildman–Crippen LogP) is 3.94. The average molecular weight is 496 g/mol. The summed E-state index contributed by atoms with van der Waals surface area (Å²) in [5.41, 5.74) is 0.884. The number of aliphatic hydroxyl groups excluding tert-OH is 1. The maximum Gasteiger partial charge on any atom is 0.246 e. The number of hydrogen-bond donors (Lipinski definition) is 1. The van der Waals surface area contributed by atoms with Gasteiger partial charge in [0.1, 0.15) is 0 Å². The van der Waals surface area contributed by atoms with Crippen molar-refractivity contribution >= 4 is 41.1 Å². The Morgan fingerprint density at radius 1 is 1.06 bits per heavy atom. The maximum atomic E-state index is 12.6. The van der Waals surface area contributed by atoms with Crippen molar-refractivity contribution in [2.45, 2.75) is 39.0 Å². The van der Waals surface area contributed by atoms with Gasteiger partial charge in [0.2, 0.25) is 11.8 Å². The normalized spacial score (nSPS) is 19.8. The molecule has 0 bridgehead atoms. The molecule has 2 aliphatic rings. The topological polar surface area (TPSA) is 64.1 Å². The van der Waals surface area contributed by atoms with E-state index in [-0.39, 0.29) is 23.8 Å². The molecule has 1 N–H and O–H groups in total. The van der Waals surface area contributed by atoms with Crippen molar-refractivity contribution in [3.05, 3.63) is 39.9 Å². The standard InChI is InChI=1S/C25H35Cl2N3O3/c1-25(19-31)9-14-28(15-10-25)11-2-3-12-29-16-17-30(13-8-24(29)33)23(32)7-5-20-4-6-21(26)22(27)18-20/h4-7,18,31H,2-3,8-17,19H2,1H3. The van der Waals surface area contributed by atoms with Crippen molar-refractivity contribution in [2.24, 2.45) is 5.41 Å². The lowest BCUT2D eigenvalue weighted by Gasteiger charge is -2.38. The second-order valence-corrected chi connectivity index (χ2v) is 10.3. The molecule has 0 aromatic heterocycles. The van der Waals surface area contributed by atoms with Gasteiger partial charge in [-0.25, -0.2) is 0 Å². The summed E-state index contributed by atoms with van der Waals surface area (Å²) >= 11 is 12.0. The molecule has 2 saturated heterocycles. The molecule has 182 valence electrons. The summed E-state index contributed by atoms with van der Waals surface area (Å²) < 4.78 is 0. The summed E-state index contributed by atoms with van der Waals surface area (Å²) in [6.07, 6.45) is 7.70. The predicted molar refractivity (Wildman–Crippen MR) is 133 cm³/mol. The number of amides is 2. The van der Waals surface area contributed by atoms with Crippen LogP contribution in [-0.2, 0) is 9.59 Å². The molecule has 3 rings (SSSR count). The van der Waals surface area contributed by atoms with Gasteiger partial charge in [0.05, 0.1) is 10.0 Å². The molecule has 2 fully saturated rings. The Hall–Kier alpha value is -1.60. The smallest absolute Gasteiger partial charge is 0.246 e. The average Bonchev–Trinajstić information content (AvgIpc) is 3.00. The highest BCUT2D eigenvalue weighted by atomic mass is 35.5. The number of nitrogens with zero attached hydrogens (tertiary/aromatic N) is 3.